The minimum atomic E-state index is -4.19. The third-order valence-electron chi connectivity index (χ3n) is 6.05. The van der Waals surface area contributed by atoms with E-state index in [0.29, 0.717) is 5.56 Å². The van der Waals surface area contributed by atoms with Gasteiger partial charge in [0.05, 0.1) is 0 Å². The molecule has 0 amide bonds. The van der Waals surface area contributed by atoms with Crippen molar-refractivity contribution in [3.8, 4) is 0 Å². The third kappa shape index (κ3) is 7.51. The van der Waals surface area contributed by atoms with Crippen molar-refractivity contribution < 1.29 is 13.0 Å². The molecule has 0 heterocycles. The summed E-state index contributed by atoms with van der Waals surface area (Å²) in [6.07, 6.45) is 16.0. The van der Waals surface area contributed by atoms with Crippen LogP contribution in [-0.4, -0.2) is 13.0 Å². The second-order valence-corrected chi connectivity index (χ2v) is 9.68. The van der Waals surface area contributed by atoms with Gasteiger partial charge in [0.15, 0.2) is 0 Å². The molecule has 0 unspecified atom stereocenters. The molecule has 3 nitrogen and oxygen atoms in total. The summed E-state index contributed by atoms with van der Waals surface area (Å²) in [6, 6.07) is 0. The molecule has 1 rings (SSSR count). The topological polar surface area (TPSA) is 54.4 Å². The van der Waals surface area contributed by atoms with Crippen molar-refractivity contribution >= 4 is 10.1 Å². The van der Waals surface area contributed by atoms with Crippen LogP contribution in [-0.2, 0) is 23.0 Å². The molecule has 0 fully saturated rings. The second-order valence-electron chi connectivity index (χ2n) is 8.32. The number of hydrogen-bond donors (Lipinski definition) is 1. The highest BCUT2D eigenvalue weighted by Crippen LogP contribution is 2.32. The van der Waals surface area contributed by atoms with Crippen LogP contribution in [0.4, 0.5) is 0 Å². The predicted molar refractivity (Wildman–Crippen MR) is 120 cm³/mol. The fourth-order valence-corrected chi connectivity index (χ4v) is 5.42. The van der Waals surface area contributed by atoms with Crippen molar-refractivity contribution in [2.24, 2.45) is 0 Å². The van der Waals surface area contributed by atoms with Gasteiger partial charge in [-0.3, -0.25) is 4.55 Å². The van der Waals surface area contributed by atoms with E-state index in [9.17, 15) is 13.0 Å². The molecule has 0 aliphatic rings. The minimum Gasteiger partial charge on any atom is -0.282 e. The molecule has 0 bridgehead atoms. The maximum absolute atomic E-state index is 11.9. The SMILES string of the molecule is CCCCCCCCCCCCc1c(C)c(C)c(S(=O)(=O)O)c(C)c1CCC. The number of benzene rings is 1. The Morgan fingerprint density at radius 1 is 0.607 bits per heavy atom. The summed E-state index contributed by atoms with van der Waals surface area (Å²) in [7, 11) is -4.19. The van der Waals surface area contributed by atoms with E-state index >= 15 is 0 Å². The van der Waals surface area contributed by atoms with Crippen LogP contribution in [0, 0.1) is 20.8 Å². The van der Waals surface area contributed by atoms with Crippen LogP contribution >= 0.6 is 0 Å². The molecule has 162 valence electrons. The lowest BCUT2D eigenvalue weighted by Crippen LogP contribution is -2.12. The van der Waals surface area contributed by atoms with Gasteiger partial charge < -0.3 is 0 Å². The Morgan fingerprint density at radius 2 is 1.07 bits per heavy atom. The van der Waals surface area contributed by atoms with Crippen LogP contribution in [0.25, 0.3) is 0 Å². The predicted octanol–water partition coefficient (Wildman–Crippen LogP) is 7.27. The lowest BCUT2D eigenvalue weighted by atomic mass is 9.88. The van der Waals surface area contributed by atoms with Gasteiger partial charge in [-0.1, -0.05) is 78.1 Å². The minimum absolute atomic E-state index is 0.125. The Hall–Kier alpha value is -0.870. The third-order valence-corrected chi connectivity index (χ3v) is 7.18. The van der Waals surface area contributed by atoms with Gasteiger partial charge in [-0.05, 0) is 67.9 Å². The van der Waals surface area contributed by atoms with Crippen molar-refractivity contribution in [1.82, 2.24) is 0 Å². The van der Waals surface area contributed by atoms with E-state index in [1.807, 2.05) is 20.8 Å². The molecule has 0 saturated carbocycles. The largest absolute Gasteiger partial charge is 0.295 e. The maximum Gasteiger partial charge on any atom is 0.295 e. The van der Waals surface area contributed by atoms with E-state index in [1.165, 1.54) is 63.4 Å². The summed E-state index contributed by atoms with van der Waals surface area (Å²) in [5.41, 5.74) is 4.94. The summed E-state index contributed by atoms with van der Waals surface area (Å²) in [5.74, 6) is 0. The Bertz CT molecular complexity index is 705. The molecule has 0 spiro atoms. The first-order valence-corrected chi connectivity index (χ1v) is 12.8. The molecule has 4 heteroatoms. The Balaban J connectivity index is 2.68. The molecule has 0 aromatic heterocycles. The zero-order valence-corrected chi connectivity index (χ0v) is 19.7. The van der Waals surface area contributed by atoms with Crippen molar-refractivity contribution in [2.75, 3.05) is 0 Å². The summed E-state index contributed by atoms with van der Waals surface area (Å²) in [6.45, 7) is 10.1. The summed E-state index contributed by atoms with van der Waals surface area (Å²) in [5, 5.41) is 0. The van der Waals surface area contributed by atoms with Crippen molar-refractivity contribution in [3.63, 3.8) is 0 Å². The van der Waals surface area contributed by atoms with Gasteiger partial charge in [0.25, 0.3) is 10.1 Å². The van der Waals surface area contributed by atoms with Gasteiger partial charge >= 0.3 is 0 Å². The van der Waals surface area contributed by atoms with Crippen molar-refractivity contribution in [3.05, 3.63) is 27.8 Å². The zero-order chi connectivity index (χ0) is 21.2. The molecular formula is C24H42O3S. The average molecular weight is 411 g/mol. The molecule has 0 aliphatic heterocycles. The average Bonchev–Trinajstić information content (AvgIpc) is 2.62. The van der Waals surface area contributed by atoms with Gasteiger partial charge in [0.1, 0.15) is 4.90 Å². The zero-order valence-electron chi connectivity index (χ0n) is 18.9. The Morgan fingerprint density at radius 3 is 1.54 bits per heavy atom. The quantitative estimate of drug-likeness (QED) is 0.259. The highest BCUT2D eigenvalue weighted by molar-refractivity contribution is 7.86. The summed E-state index contributed by atoms with van der Waals surface area (Å²) < 4.78 is 33.5. The van der Waals surface area contributed by atoms with E-state index in [4.69, 9.17) is 0 Å². The van der Waals surface area contributed by atoms with E-state index in [2.05, 4.69) is 13.8 Å². The van der Waals surface area contributed by atoms with Gasteiger partial charge in [-0.25, -0.2) is 0 Å². The Labute approximate surface area is 174 Å². The van der Waals surface area contributed by atoms with E-state index in [1.54, 1.807) is 0 Å². The molecule has 0 atom stereocenters. The lowest BCUT2D eigenvalue weighted by molar-refractivity contribution is 0.481. The monoisotopic (exact) mass is 410 g/mol. The van der Waals surface area contributed by atoms with Crippen LogP contribution in [0.2, 0.25) is 0 Å². The highest BCUT2D eigenvalue weighted by atomic mass is 32.2. The normalized spacial score (nSPS) is 11.9. The molecule has 0 aliphatic carbocycles. The van der Waals surface area contributed by atoms with Crippen LogP contribution < -0.4 is 0 Å². The van der Waals surface area contributed by atoms with Crippen LogP contribution in [0.1, 0.15) is 112 Å². The fourth-order valence-electron chi connectivity index (χ4n) is 4.37. The molecule has 28 heavy (non-hydrogen) atoms. The fraction of sp³-hybridized carbons (Fsp3) is 0.750. The maximum atomic E-state index is 11.9. The number of rotatable bonds is 14. The molecule has 1 N–H and O–H groups in total. The smallest absolute Gasteiger partial charge is 0.282 e. The van der Waals surface area contributed by atoms with Crippen molar-refractivity contribution in [1.29, 1.82) is 0 Å². The molecule has 0 saturated heterocycles. The van der Waals surface area contributed by atoms with Gasteiger partial charge in [-0.15, -0.1) is 0 Å². The van der Waals surface area contributed by atoms with Crippen LogP contribution in [0.15, 0.2) is 4.90 Å². The molecule has 0 radical (unpaired) electrons. The first kappa shape index (κ1) is 25.2. The molecule has 1 aromatic carbocycles. The van der Waals surface area contributed by atoms with E-state index < -0.39 is 10.1 Å². The first-order chi connectivity index (χ1) is 13.3. The number of hydrogen-bond acceptors (Lipinski definition) is 2. The van der Waals surface area contributed by atoms with Gasteiger partial charge in [0, 0.05) is 0 Å². The summed E-state index contributed by atoms with van der Waals surface area (Å²) in [4.78, 5) is 0.125. The first-order valence-electron chi connectivity index (χ1n) is 11.3. The van der Waals surface area contributed by atoms with Crippen molar-refractivity contribution in [2.45, 2.75) is 123 Å². The van der Waals surface area contributed by atoms with Gasteiger partial charge in [0.2, 0.25) is 0 Å². The number of unbranched alkanes of at least 4 members (excludes halogenated alkanes) is 9. The Kier molecular flexibility index (Phi) is 11.4. The molecule has 1 aromatic rings. The van der Waals surface area contributed by atoms with Crippen LogP contribution in [0.3, 0.4) is 0 Å². The lowest BCUT2D eigenvalue weighted by Gasteiger charge is -2.21. The summed E-state index contributed by atoms with van der Waals surface area (Å²) >= 11 is 0. The standard InChI is InChI=1S/C24H42O3S/c1-6-8-9-10-11-12-13-14-15-16-18-23-19(3)20(4)24(28(25,26)27)21(5)22(23)17-7-2/h6-18H2,1-5H3,(H,25,26,27). The van der Waals surface area contributed by atoms with E-state index in [0.717, 1.165) is 42.4 Å². The van der Waals surface area contributed by atoms with Gasteiger partial charge in [-0.2, -0.15) is 8.42 Å². The molecular weight excluding hydrogens is 368 g/mol. The second kappa shape index (κ2) is 12.6. The van der Waals surface area contributed by atoms with E-state index in [-0.39, 0.29) is 4.90 Å². The van der Waals surface area contributed by atoms with Crippen LogP contribution in [0.5, 0.6) is 0 Å². The highest BCUT2D eigenvalue weighted by Gasteiger charge is 2.23.